The quantitative estimate of drug-likeness (QED) is 0.443. The molecule has 0 bridgehead atoms. The van der Waals surface area contributed by atoms with Crippen LogP contribution >= 0.6 is 0 Å². The van der Waals surface area contributed by atoms with Crippen molar-refractivity contribution >= 4 is 6.09 Å². The summed E-state index contributed by atoms with van der Waals surface area (Å²) in [6.45, 7) is 1.51. The van der Waals surface area contributed by atoms with Gasteiger partial charge in [-0.3, -0.25) is 0 Å². The molecule has 1 aliphatic heterocycles. The van der Waals surface area contributed by atoms with Crippen molar-refractivity contribution in [1.29, 1.82) is 0 Å². The Bertz CT molecular complexity index is 163. The van der Waals surface area contributed by atoms with E-state index >= 15 is 0 Å². The van der Waals surface area contributed by atoms with Crippen molar-refractivity contribution in [1.82, 2.24) is 10.6 Å². The molecule has 5 heteroatoms. The Morgan fingerprint density at radius 2 is 2.42 bits per heavy atom. The maximum absolute atomic E-state index is 10.3. The van der Waals surface area contributed by atoms with Crippen molar-refractivity contribution < 1.29 is 15.0 Å². The van der Waals surface area contributed by atoms with Gasteiger partial charge in [0.2, 0.25) is 0 Å². The van der Waals surface area contributed by atoms with Gasteiger partial charge in [-0.15, -0.1) is 0 Å². The number of aliphatic hydroxyl groups excluding tert-OH is 1. The molecule has 1 amide bonds. The summed E-state index contributed by atoms with van der Waals surface area (Å²) in [5.74, 6) is 0.00912. The predicted molar refractivity (Wildman–Crippen MR) is 43.0 cm³/mol. The van der Waals surface area contributed by atoms with E-state index in [0.29, 0.717) is 6.54 Å². The summed E-state index contributed by atoms with van der Waals surface area (Å²) >= 11 is 0. The van der Waals surface area contributed by atoms with Crippen molar-refractivity contribution in [2.45, 2.75) is 12.5 Å². The lowest BCUT2D eigenvalue weighted by Crippen LogP contribution is -2.50. The molecule has 1 aliphatic rings. The maximum Gasteiger partial charge on any atom is 0.404 e. The minimum Gasteiger partial charge on any atom is -0.465 e. The van der Waals surface area contributed by atoms with E-state index in [1.54, 1.807) is 0 Å². The molecule has 0 spiro atoms. The number of hydrogen-bond donors (Lipinski definition) is 4. The predicted octanol–water partition coefficient (Wildman–Crippen LogP) is -0.776. The topological polar surface area (TPSA) is 81.6 Å². The van der Waals surface area contributed by atoms with Crippen molar-refractivity contribution in [3.05, 3.63) is 0 Å². The van der Waals surface area contributed by atoms with E-state index in [-0.39, 0.29) is 18.6 Å². The SMILES string of the molecule is O=C(O)N[C@@H]1CCNC[C@@H]1CO. The average molecular weight is 174 g/mol. The van der Waals surface area contributed by atoms with Gasteiger partial charge < -0.3 is 20.8 Å². The zero-order valence-corrected chi connectivity index (χ0v) is 6.79. The molecule has 5 nitrogen and oxygen atoms in total. The molecule has 0 aromatic heterocycles. The smallest absolute Gasteiger partial charge is 0.404 e. The molecule has 0 aromatic rings. The molecule has 1 fully saturated rings. The molecule has 0 aliphatic carbocycles. The third-order valence-corrected chi connectivity index (χ3v) is 2.15. The molecule has 0 saturated carbocycles. The van der Waals surface area contributed by atoms with Gasteiger partial charge in [-0.2, -0.15) is 0 Å². The van der Waals surface area contributed by atoms with Crippen LogP contribution in [-0.4, -0.2) is 42.0 Å². The minimum atomic E-state index is -1.01. The van der Waals surface area contributed by atoms with E-state index in [9.17, 15) is 4.79 Å². The molecule has 1 heterocycles. The van der Waals surface area contributed by atoms with Crippen LogP contribution in [0, 0.1) is 5.92 Å². The van der Waals surface area contributed by atoms with E-state index < -0.39 is 6.09 Å². The third kappa shape index (κ3) is 2.35. The Labute approximate surface area is 70.8 Å². The molecular weight excluding hydrogens is 160 g/mol. The molecule has 4 N–H and O–H groups in total. The van der Waals surface area contributed by atoms with Crippen LogP contribution in [0.15, 0.2) is 0 Å². The number of amides is 1. The molecule has 70 valence electrons. The number of aliphatic hydroxyl groups is 1. The summed E-state index contributed by atoms with van der Waals surface area (Å²) in [7, 11) is 0. The van der Waals surface area contributed by atoms with Crippen molar-refractivity contribution in [3.63, 3.8) is 0 Å². The zero-order chi connectivity index (χ0) is 8.97. The van der Waals surface area contributed by atoms with Crippen LogP contribution in [0.1, 0.15) is 6.42 Å². The molecule has 0 aromatic carbocycles. The van der Waals surface area contributed by atoms with Gasteiger partial charge in [-0.05, 0) is 13.0 Å². The minimum absolute atomic E-state index is 0.00912. The fourth-order valence-corrected chi connectivity index (χ4v) is 1.46. The Hall–Kier alpha value is -0.810. The maximum atomic E-state index is 10.3. The second-order valence-corrected chi connectivity index (χ2v) is 2.99. The van der Waals surface area contributed by atoms with E-state index in [0.717, 1.165) is 13.0 Å². The van der Waals surface area contributed by atoms with E-state index in [1.165, 1.54) is 0 Å². The van der Waals surface area contributed by atoms with Crippen LogP contribution in [0.4, 0.5) is 4.79 Å². The highest BCUT2D eigenvalue weighted by Crippen LogP contribution is 2.10. The molecular formula is C7H14N2O3. The first-order valence-corrected chi connectivity index (χ1v) is 4.05. The van der Waals surface area contributed by atoms with Crippen LogP contribution < -0.4 is 10.6 Å². The van der Waals surface area contributed by atoms with Gasteiger partial charge in [0.1, 0.15) is 0 Å². The summed E-state index contributed by atoms with van der Waals surface area (Å²) in [4.78, 5) is 10.3. The van der Waals surface area contributed by atoms with Gasteiger partial charge >= 0.3 is 6.09 Å². The van der Waals surface area contributed by atoms with Crippen LogP contribution in [0.2, 0.25) is 0 Å². The molecule has 12 heavy (non-hydrogen) atoms. The summed E-state index contributed by atoms with van der Waals surface area (Å²) in [6.07, 6.45) is -0.266. The van der Waals surface area contributed by atoms with Gasteiger partial charge in [0, 0.05) is 25.1 Å². The van der Waals surface area contributed by atoms with Gasteiger partial charge in [0.15, 0.2) is 0 Å². The van der Waals surface area contributed by atoms with Gasteiger partial charge in [0.05, 0.1) is 0 Å². The highest BCUT2D eigenvalue weighted by atomic mass is 16.4. The number of nitrogens with one attached hydrogen (secondary N) is 2. The monoisotopic (exact) mass is 174 g/mol. The Morgan fingerprint density at radius 3 is 3.00 bits per heavy atom. The Morgan fingerprint density at radius 1 is 1.67 bits per heavy atom. The summed E-state index contributed by atoms with van der Waals surface area (Å²) < 4.78 is 0. The molecule has 2 atom stereocenters. The van der Waals surface area contributed by atoms with E-state index in [2.05, 4.69) is 10.6 Å². The molecule has 0 unspecified atom stereocenters. The fraction of sp³-hybridized carbons (Fsp3) is 0.857. The highest BCUT2D eigenvalue weighted by molar-refractivity contribution is 5.64. The first-order chi connectivity index (χ1) is 5.74. The van der Waals surface area contributed by atoms with Crippen LogP contribution in [0.25, 0.3) is 0 Å². The second kappa shape index (κ2) is 4.27. The molecule has 1 saturated heterocycles. The van der Waals surface area contributed by atoms with Crippen LogP contribution in [-0.2, 0) is 0 Å². The third-order valence-electron chi connectivity index (χ3n) is 2.15. The van der Waals surface area contributed by atoms with Gasteiger partial charge in [-0.1, -0.05) is 0 Å². The van der Waals surface area contributed by atoms with Crippen LogP contribution in [0.3, 0.4) is 0 Å². The Balaban J connectivity index is 2.41. The van der Waals surface area contributed by atoms with Crippen molar-refractivity contribution in [2.24, 2.45) is 5.92 Å². The summed E-state index contributed by atoms with van der Waals surface area (Å²) in [5, 5.41) is 22.9. The second-order valence-electron chi connectivity index (χ2n) is 2.99. The van der Waals surface area contributed by atoms with Crippen molar-refractivity contribution in [2.75, 3.05) is 19.7 Å². The van der Waals surface area contributed by atoms with Crippen molar-refractivity contribution in [3.8, 4) is 0 Å². The largest absolute Gasteiger partial charge is 0.465 e. The molecule has 0 radical (unpaired) electrons. The molecule has 1 rings (SSSR count). The summed E-state index contributed by atoms with van der Waals surface area (Å²) in [6, 6.07) is -0.103. The first-order valence-electron chi connectivity index (χ1n) is 4.05. The number of carboxylic acid groups (broad SMARTS) is 1. The number of piperidine rings is 1. The van der Waals surface area contributed by atoms with Gasteiger partial charge in [0.25, 0.3) is 0 Å². The van der Waals surface area contributed by atoms with Crippen LogP contribution in [0.5, 0.6) is 0 Å². The standard InChI is InChI=1S/C7H14N2O3/c10-4-5-3-8-2-1-6(5)9-7(11)12/h5-6,8-10H,1-4H2,(H,11,12)/t5-,6-/m1/s1. The highest BCUT2D eigenvalue weighted by Gasteiger charge is 2.25. The number of hydrogen-bond acceptors (Lipinski definition) is 3. The van der Waals surface area contributed by atoms with Gasteiger partial charge in [-0.25, -0.2) is 4.79 Å². The fourth-order valence-electron chi connectivity index (χ4n) is 1.46. The lowest BCUT2D eigenvalue weighted by Gasteiger charge is -2.30. The first kappa shape index (κ1) is 9.28. The summed E-state index contributed by atoms with van der Waals surface area (Å²) in [5.41, 5.74) is 0. The average Bonchev–Trinajstić information content (AvgIpc) is 2.04. The zero-order valence-electron chi connectivity index (χ0n) is 6.79. The lowest BCUT2D eigenvalue weighted by molar-refractivity contribution is 0.148. The number of carbonyl (C=O) groups is 1. The number of rotatable bonds is 2. The lowest BCUT2D eigenvalue weighted by atomic mass is 9.94. The van der Waals surface area contributed by atoms with E-state index in [4.69, 9.17) is 10.2 Å². The Kier molecular flexibility index (Phi) is 3.31. The van der Waals surface area contributed by atoms with E-state index in [1.807, 2.05) is 0 Å². The normalized spacial score (nSPS) is 29.8.